The van der Waals surface area contributed by atoms with Gasteiger partial charge >= 0.3 is 6.18 Å². The molecule has 10 heteroatoms. The van der Waals surface area contributed by atoms with Crippen molar-refractivity contribution in [3.8, 4) is 17.4 Å². The highest BCUT2D eigenvalue weighted by atomic mass is 35.5. The van der Waals surface area contributed by atoms with E-state index in [-0.39, 0.29) is 28.1 Å². The van der Waals surface area contributed by atoms with Crippen molar-refractivity contribution in [1.29, 1.82) is 0 Å². The minimum atomic E-state index is -4.52. The molecule has 0 amide bonds. The zero-order valence-corrected chi connectivity index (χ0v) is 15.2. The summed E-state index contributed by atoms with van der Waals surface area (Å²) in [5, 5.41) is 2.76. The van der Waals surface area contributed by atoms with E-state index in [0.717, 1.165) is 24.5 Å². The van der Waals surface area contributed by atoms with Crippen LogP contribution in [0.2, 0.25) is 5.02 Å². The lowest BCUT2D eigenvalue weighted by Gasteiger charge is -2.15. The van der Waals surface area contributed by atoms with Gasteiger partial charge in [-0.25, -0.2) is 4.98 Å². The Morgan fingerprint density at radius 3 is 2.46 bits per heavy atom. The Hall–Kier alpha value is -3.20. The highest BCUT2D eigenvalue weighted by molar-refractivity contribution is 6.33. The van der Waals surface area contributed by atoms with E-state index in [1.807, 2.05) is 0 Å². The summed E-state index contributed by atoms with van der Waals surface area (Å²) in [5.74, 6) is 0.862. The minimum absolute atomic E-state index is 0.00472. The Kier molecular flexibility index (Phi) is 5.46. The van der Waals surface area contributed by atoms with Crippen LogP contribution in [0.5, 0.6) is 17.4 Å². The Labute approximate surface area is 163 Å². The predicted octanol–water partition coefficient (Wildman–Crippen LogP) is 5.28. The van der Waals surface area contributed by atoms with Crippen molar-refractivity contribution in [2.45, 2.75) is 6.18 Å². The quantitative estimate of drug-likeness (QED) is 0.595. The molecular formula is C18H14ClF3N4O2. The lowest BCUT2D eigenvalue weighted by Crippen LogP contribution is -2.07. The number of alkyl halides is 3. The number of halogens is 4. The summed E-state index contributed by atoms with van der Waals surface area (Å²) in [6.07, 6.45) is -3.36. The molecule has 0 aliphatic heterocycles. The topological polar surface area (TPSA) is 82.3 Å². The molecule has 0 aliphatic carbocycles. The number of hydrogen-bond donors (Lipinski definition) is 2. The minimum Gasteiger partial charge on any atom is -0.493 e. The highest BCUT2D eigenvalue weighted by Gasteiger charge is 2.31. The number of ether oxygens (including phenoxy) is 2. The predicted molar refractivity (Wildman–Crippen MR) is 99.2 cm³/mol. The number of para-hydroxylation sites is 2. The van der Waals surface area contributed by atoms with Crippen LogP contribution in [-0.2, 0) is 6.18 Å². The molecule has 0 unspecified atom stereocenters. The molecule has 0 bridgehead atoms. The van der Waals surface area contributed by atoms with Gasteiger partial charge in [-0.05, 0) is 30.3 Å². The number of hydrogen-bond acceptors (Lipinski definition) is 6. The lowest BCUT2D eigenvalue weighted by molar-refractivity contribution is -0.137. The maximum absolute atomic E-state index is 12.9. The number of nitrogens with zero attached hydrogens (tertiary/aromatic N) is 2. The van der Waals surface area contributed by atoms with Gasteiger partial charge in [0.05, 0.1) is 23.4 Å². The summed E-state index contributed by atoms with van der Waals surface area (Å²) >= 11 is 6.00. The third kappa shape index (κ3) is 4.20. The average molecular weight is 411 g/mol. The van der Waals surface area contributed by atoms with E-state index in [0.29, 0.717) is 11.5 Å². The molecule has 3 rings (SSSR count). The fourth-order valence-electron chi connectivity index (χ4n) is 2.29. The number of nitrogens with two attached hydrogens (primary N) is 1. The van der Waals surface area contributed by atoms with Gasteiger partial charge in [-0.15, -0.1) is 0 Å². The van der Waals surface area contributed by atoms with Crippen molar-refractivity contribution < 1.29 is 22.6 Å². The first-order valence-corrected chi connectivity index (χ1v) is 8.22. The van der Waals surface area contributed by atoms with Gasteiger partial charge in [-0.1, -0.05) is 23.7 Å². The molecule has 1 heterocycles. The average Bonchev–Trinajstić information content (AvgIpc) is 2.66. The molecule has 0 radical (unpaired) electrons. The van der Waals surface area contributed by atoms with E-state index in [2.05, 4.69) is 15.3 Å². The molecule has 0 aliphatic rings. The summed E-state index contributed by atoms with van der Waals surface area (Å²) in [7, 11) is 1.48. The molecule has 1 aromatic heterocycles. The van der Waals surface area contributed by atoms with Crippen LogP contribution in [0.25, 0.3) is 0 Å². The number of methoxy groups -OCH3 is 1. The molecule has 146 valence electrons. The first kappa shape index (κ1) is 19.6. The normalized spacial score (nSPS) is 11.2. The van der Waals surface area contributed by atoms with E-state index in [1.165, 1.54) is 7.11 Å². The Balaban J connectivity index is 1.92. The molecule has 0 fully saturated rings. The summed E-state index contributed by atoms with van der Waals surface area (Å²) in [6.45, 7) is 0. The smallest absolute Gasteiger partial charge is 0.416 e. The molecule has 3 N–H and O–H groups in total. The summed E-state index contributed by atoms with van der Waals surface area (Å²) < 4.78 is 49.7. The number of nitrogens with one attached hydrogen (secondary N) is 1. The molecule has 2 aromatic carbocycles. The van der Waals surface area contributed by atoms with E-state index in [4.69, 9.17) is 26.8 Å². The summed E-state index contributed by atoms with van der Waals surface area (Å²) in [4.78, 5) is 7.92. The second-order valence-corrected chi connectivity index (χ2v) is 5.92. The number of rotatable bonds is 5. The van der Waals surface area contributed by atoms with Gasteiger partial charge in [0.15, 0.2) is 17.3 Å². The van der Waals surface area contributed by atoms with E-state index >= 15 is 0 Å². The number of benzene rings is 2. The summed E-state index contributed by atoms with van der Waals surface area (Å²) in [6, 6.07) is 9.72. The van der Waals surface area contributed by atoms with Crippen molar-refractivity contribution in [2.24, 2.45) is 0 Å². The number of anilines is 3. The standard InChI is InChI=1S/C18H14ClF3N4O2/c1-27-13-4-2-3-5-14(13)28-17-15(23)16(24-9-25-17)26-12-8-10(18(20,21)22)6-7-11(12)19/h2-9H,23H2,1H3,(H,24,25,26). The molecule has 0 atom stereocenters. The van der Waals surface area contributed by atoms with Gasteiger partial charge < -0.3 is 20.5 Å². The second-order valence-electron chi connectivity index (χ2n) is 5.51. The molecule has 0 saturated carbocycles. The molecule has 0 saturated heterocycles. The van der Waals surface area contributed by atoms with Gasteiger partial charge in [0.25, 0.3) is 0 Å². The van der Waals surface area contributed by atoms with E-state index < -0.39 is 11.7 Å². The van der Waals surface area contributed by atoms with Crippen LogP contribution in [0.15, 0.2) is 48.8 Å². The Morgan fingerprint density at radius 1 is 1.07 bits per heavy atom. The van der Waals surface area contributed by atoms with Crippen molar-refractivity contribution >= 4 is 28.8 Å². The lowest BCUT2D eigenvalue weighted by atomic mass is 10.2. The van der Waals surface area contributed by atoms with Crippen LogP contribution in [0, 0.1) is 0 Å². The molecule has 6 nitrogen and oxygen atoms in total. The van der Waals surface area contributed by atoms with Crippen molar-refractivity contribution in [2.75, 3.05) is 18.2 Å². The maximum Gasteiger partial charge on any atom is 0.416 e. The second kappa shape index (κ2) is 7.81. The molecule has 0 spiro atoms. The summed E-state index contributed by atoms with van der Waals surface area (Å²) in [5.41, 5.74) is 5.14. The largest absolute Gasteiger partial charge is 0.493 e. The zero-order chi connectivity index (χ0) is 20.3. The number of nitrogen functional groups attached to an aromatic ring is 1. The Morgan fingerprint density at radius 2 is 1.79 bits per heavy atom. The van der Waals surface area contributed by atoms with E-state index in [9.17, 15) is 13.2 Å². The van der Waals surface area contributed by atoms with Crippen molar-refractivity contribution in [3.63, 3.8) is 0 Å². The molecule has 28 heavy (non-hydrogen) atoms. The fraction of sp³-hybridized carbons (Fsp3) is 0.111. The van der Waals surface area contributed by atoms with Crippen LogP contribution in [0.3, 0.4) is 0 Å². The zero-order valence-electron chi connectivity index (χ0n) is 14.4. The monoisotopic (exact) mass is 410 g/mol. The first-order valence-electron chi connectivity index (χ1n) is 7.84. The number of aromatic nitrogens is 2. The van der Waals surface area contributed by atoms with Gasteiger partial charge in [0, 0.05) is 0 Å². The third-order valence-electron chi connectivity index (χ3n) is 3.67. The van der Waals surface area contributed by atoms with Crippen LogP contribution < -0.4 is 20.5 Å². The highest BCUT2D eigenvalue weighted by Crippen LogP contribution is 2.38. The van der Waals surface area contributed by atoms with Gasteiger partial charge in [-0.2, -0.15) is 18.2 Å². The van der Waals surface area contributed by atoms with Gasteiger partial charge in [0.2, 0.25) is 5.88 Å². The van der Waals surface area contributed by atoms with E-state index in [1.54, 1.807) is 24.3 Å². The van der Waals surface area contributed by atoms with Crippen molar-refractivity contribution in [3.05, 3.63) is 59.4 Å². The van der Waals surface area contributed by atoms with Crippen LogP contribution in [-0.4, -0.2) is 17.1 Å². The van der Waals surface area contributed by atoms with Gasteiger partial charge in [0.1, 0.15) is 12.0 Å². The molecular weight excluding hydrogens is 397 g/mol. The fourth-order valence-corrected chi connectivity index (χ4v) is 2.46. The SMILES string of the molecule is COc1ccccc1Oc1ncnc(Nc2cc(C(F)(F)F)ccc2Cl)c1N. The maximum atomic E-state index is 12.9. The van der Waals surface area contributed by atoms with Crippen LogP contribution in [0.4, 0.5) is 30.4 Å². The van der Waals surface area contributed by atoms with Crippen LogP contribution >= 0.6 is 11.6 Å². The van der Waals surface area contributed by atoms with Crippen LogP contribution in [0.1, 0.15) is 5.56 Å². The Bertz CT molecular complexity index is 999. The molecule has 3 aromatic rings. The van der Waals surface area contributed by atoms with Gasteiger partial charge in [-0.3, -0.25) is 0 Å². The van der Waals surface area contributed by atoms with Crippen molar-refractivity contribution in [1.82, 2.24) is 9.97 Å². The third-order valence-corrected chi connectivity index (χ3v) is 4.00. The first-order chi connectivity index (χ1) is 13.3.